The summed E-state index contributed by atoms with van der Waals surface area (Å²) < 4.78 is 0. The largest absolute Gasteiger partial charge is 0.337 e. The normalized spacial score (nSPS) is 15.1. The van der Waals surface area contributed by atoms with E-state index >= 15 is 0 Å². The van der Waals surface area contributed by atoms with Crippen LogP contribution >= 0.6 is 0 Å². The lowest BCUT2D eigenvalue weighted by molar-refractivity contribution is -0.123. The zero-order valence-electron chi connectivity index (χ0n) is 14.3. The quantitative estimate of drug-likeness (QED) is 0.197. The zero-order valence-corrected chi connectivity index (χ0v) is 14.3. The highest BCUT2D eigenvalue weighted by atomic mass is 16.5. The molecule has 6 heteroatoms. The van der Waals surface area contributed by atoms with Gasteiger partial charge < -0.3 is 10.5 Å². The second-order valence-electron chi connectivity index (χ2n) is 6.03. The highest BCUT2D eigenvalue weighted by Crippen LogP contribution is 2.14. The van der Waals surface area contributed by atoms with Crippen molar-refractivity contribution in [2.75, 3.05) is 0 Å². The van der Waals surface area contributed by atoms with E-state index in [0.29, 0.717) is 6.42 Å². The van der Waals surface area contributed by atoms with Crippen LogP contribution in [0.4, 0.5) is 0 Å². The summed E-state index contributed by atoms with van der Waals surface area (Å²) in [7, 11) is 0. The lowest BCUT2D eigenvalue weighted by Gasteiger charge is -2.25. The van der Waals surface area contributed by atoms with Crippen molar-refractivity contribution in [2.45, 2.75) is 90.8 Å². The van der Waals surface area contributed by atoms with Gasteiger partial charge in [0.05, 0.1) is 0 Å². The number of nitroso groups, excluding NO2 is 1. The first-order chi connectivity index (χ1) is 10.6. The predicted molar refractivity (Wildman–Crippen MR) is 88.5 cm³/mol. The summed E-state index contributed by atoms with van der Waals surface area (Å²) in [6.45, 7) is 6.01. The fraction of sp³-hybridized carbons (Fsp3) is 0.938. The SMILES string of the molecule is CCCCCCCCCC(=O)NC(NO)C(N=O)C(C)CC. The van der Waals surface area contributed by atoms with Crippen LogP contribution in [0.15, 0.2) is 5.18 Å². The first-order valence-electron chi connectivity index (χ1n) is 8.62. The van der Waals surface area contributed by atoms with Crippen LogP contribution in [0.3, 0.4) is 0 Å². The van der Waals surface area contributed by atoms with E-state index in [4.69, 9.17) is 5.21 Å². The van der Waals surface area contributed by atoms with Gasteiger partial charge in [0.2, 0.25) is 5.91 Å². The number of nitrogens with zero attached hydrogens (tertiary/aromatic N) is 1. The number of amides is 1. The van der Waals surface area contributed by atoms with Crippen molar-refractivity contribution in [3.63, 3.8) is 0 Å². The average molecular weight is 315 g/mol. The maximum absolute atomic E-state index is 11.9. The molecule has 0 aromatic carbocycles. The van der Waals surface area contributed by atoms with Crippen molar-refractivity contribution in [1.29, 1.82) is 0 Å². The minimum Gasteiger partial charge on any atom is -0.337 e. The Labute approximate surface area is 134 Å². The third-order valence-corrected chi connectivity index (χ3v) is 4.15. The van der Waals surface area contributed by atoms with Crippen LogP contribution in [0.2, 0.25) is 0 Å². The maximum Gasteiger partial charge on any atom is 0.221 e. The molecule has 0 fully saturated rings. The number of carbonyl (C=O) groups is 1. The van der Waals surface area contributed by atoms with Gasteiger partial charge in [0.25, 0.3) is 0 Å². The van der Waals surface area contributed by atoms with Crippen LogP contribution in [0.5, 0.6) is 0 Å². The third-order valence-electron chi connectivity index (χ3n) is 4.15. The summed E-state index contributed by atoms with van der Waals surface area (Å²) in [5, 5.41) is 14.8. The molecule has 0 heterocycles. The van der Waals surface area contributed by atoms with E-state index in [0.717, 1.165) is 25.7 Å². The number of hydrogen-bond donors (Lipinski definition) is 3. The highest BCUT2D eigenvalue weighted by Gasteiger charge is 2.27. The highest BCUT2D eigenvalue weighted by molar-refractivity contribution is 5.76. The van der Waals surface area contributed by atoms with E-state index in [-0.39, 0.29) is 11.8 Å². The summed E-state index contributed by atoms with van der Waals surface area (Å²) in [6.07, 6.45) is 8.38. The second-order valence-corrected chi connectivity index (χ2v) is 6.03. The van der Waals surface area contributed by atoms with Crippen molar-refractivity contribution < 1.29 is 10.0 Å². The van der Waals surface area contributed by atoms with E-state index in [1.807, 2.05) is 19.3 Å². The van der Waals surface area contributed by atoms with Gasteiger partial charge in [0.15, 0.2) is 0 Å². The molecule has 0 radical (unpaired) electrons. The Morgan fingerprint density at radius 1 is 1.09 bits per heavy atom. The first-order valence-corrected chi connectivity index (χ1v) is 8.62. The van der Waals surface area contributed by atoms with Crippen molar-refractivity contribution in [3.8, 4) is 0 Å². The zero-order chi connectivity index (χ0) is 16.8. The van der Waals surface area contributed by atoms with E-state index in [9.17, 15) is 9.70 Å². The third kappa shape index (κ3) is 9.10. The van der Waals surface area contributed by atoms with Crippen molar-refractivity contribution in [3.05, 3.63) is 4.91 Å². The summed E-state index contributed by atoms with van der Waals surface area (Å²) in [6, 6.07) is -0.673. The van der Waals surface area contributed by atoms with Crippen LogP contribution in [0.1, 0.15) is 78.6 Å². The van der Waals surface area contributed by atoms with Crippen molar-refractivity contribution >= 4 is 5.91 Å². The van der Waals surface area contributed by atoms with Gasteiger partial charge in [-0.2, -0.15) is 10.4 Å². The molecule has 0 aromatic heterocycles. The topological polar surface area (TPSA) is 90.8 Å². The molecule has 0 aliphatic rings. The Bertz CT molecular complexity index is 300. The fourth-order valence-electron chi connectivity index (χ4n) is 2.42. The lowest BCUT2D eigenvalue weighted by Crippen LogP contribution is -2.52. The second kappa shape index (κ2) is 13.6. The van der Waals surface area contributed by atoms with Gasteiger partial charge in [-0.1, -0.05) is 70.9 Å². The monoisotopic (exact) mass is 315 g/mol. The molecule has 22 heavy (non-hydrogen) atoms. The molecule has 0 saturated heterocycles. The molecule has 3 atom stereocenters. The molecule has 0 bridgehead atoms. The van der Waals surface area contributed by atoms with Gasteiger partial charge in [-0.15, -0.1) is 0 Å². The molecule has 0 aliphatic heterocycles. The number of hydroxylamine groups is 1. The maximum atomic E-state index is 11.9. The number of nitrogens with one attached hydrogen (secondary N) is 2. The van der Waals surface area contributed by atoms with Crippen LogP contribution in [-0.4, -0.2) is 23.3 Å². The Hall–Kier alpha value is -1.01. The fourth-order valence-corrected chi connectivity index (χ4v) is 2.42. The van der Waals surface area contributed by atoms with E-state index in [1.54, 1.807) is 0 Å². The van der Waals surface area contributed by atoms with E-state index in [2.05, 4.69) is 17.4 Å². The van der Waals surface area contributed by atoms with E-state index in [1.165, 1.54) is 25.7 Å². The smallest absolute Gasteiger partial charge is 0.221 e. The molecule has 3 unspecified atom stereocenters. The minimum atomic E-state index is -0.815. The molecule has 0 aliphatic carbocycles. The van der Waals surface area contributed by atoms with Crippen molar-refractivity contribution in [1.82, 2.24) is 10.8 Å². The van der Waals surface area contributed by atoms with Crippen LogP contribution in [-0.2, 0) is 4.79 Å². The molecular formula is C16H33N3O3. The average Bonchev–Trinajstić information content (AvgIpc) is 2.53. The molecular weight excluding hydrogens is 282 g/mol. The standard InChI is InChI=1S/C16H33N3O3/c1-4-6-7-8-9-10-11-12-14(20)17-16(19-22)15(18-21)13(3)5-2/h13,15-16,19,22H,4-12H2,1-3H3,(H,17,20). The summed E-state index contributed by atoms with van der Waals surface area (Å²) in [4.78, 5) is 22.8. The van der Waals surface area contributed by atoms with Gasteiger partial charge in [0, 0.05) is 6.42 Å². The molecule has 0 rings (SSSR count). The summed E-state index contributed by atoms with van der Waals surface area (Å²) in [5.74, 6) is -0.168. The van der Waals surface area contributed by atoms with Gasteiger partial charge >= 0.3 is 0 Å². The Kier molecular flexibility index (Phi) is 13.0. The first kappa shape index (κ1) is 21.0. The molecule has 130 valence electrons. The predicted octanol–water partition coefficient (Wildman–Crippen LogP) is 3.73. The molecule has 3 N–H and O–H groups in total. The Balaban J connectivity index is 3.98. The Morgan fingerprint density at radius 2 is 1.68 bits per heavy atom. The number of carbonyl (C=O) groups excluding carboxylic acids is 1. The van der Waals surface area contributed by atoms with Gasteiger partial charge in [-0.05, 0) is 12.3 Å². The molecule has 0 spiro atoms. The van der Waals surface area contributed by atoms with E-state index < -0.39 is 12.2 Å². The van der Waals surface area contributed by atoms with Gasteiger partial charge in [-0.3, -0.25) is 4.79 Å². The van der Waals surface area contributed by atoms with Crippen LogP contribution in [0, 0.1) is 10.8 Å². The molecule has 0 aromatic rings. The Morgan fingerprint density at radius 3 is 2.18 bits per heavy atom. The minimum absolute atomic E-state index is 0.0129. The lowest BCUT2D eigenvalue weighted by atomic mass is 9.97. The summed E-state index contributed by atoms with van der Waals surface area (Å²) >= 11 is 0. The summed E-state index contributed by atoms with van der Waals surface area (Å²) in [5.41, 5.74) is 2.00. The van der Waals surface area contributed by atoms with Gasteiger partial charge in [-0.25, -0.2) is 0 Å². The van der Waals surface area contributed by atoms with Gasteiger partial charge in [0.1, 0.15) is 12.2 Å². The van der Waals surface area contributed by atoms with Crippen LogP contribution < -0.4 is 10.8 Å². The molecule has 6 nitrogen and oxygen atoms in total. The number of rotatable bonds is 14. The number of hydrogen-bond acceptors (Lipinski definition) is 5. The molecule has 1 amide bonds. The van der Waals surface area contributed by atoms with Crippen LogP contribution in [0.25, 0.3) is 0 Å². The number of unbranched alkanes of at least 4 members (excludes halogenated alkanes) is 6. The van der Waals surface area contributed by atoms with Crippen molar-refractivity contribution in [2.24, 2.45) is 11.1 Å². The molecule has 0 saturated carbocycles.